The maximum atomic E-state index is 8.10. The first-order valence-corrected chi connectivity index (χ1v) is 2.57. The highest BCUT2D eigenvalue weighted by atomic mass is 31.2. The van der Waals surface area contributed by atoms with E-state index in [0.29, 0.717) is 0 Å². The van der Waals surface area contributed by atoms with Crippen molar-refractivity contribution >= 4 is 8.53 Å². The zero-order valence-corrected chi connectivity index (χ0v) is 4.06. The summed E-state index contributed by atoms with van der Waals surface area (Å²) < 4.78 is 4.20. The molecule has 1 unspecified atom stereocenters. The maximum absolute atomic E-state index is 8.10. The molecule has 0 aromatic heterocycles. The summed E-state index contributed by atoms with van der Waals surface area (Å²) in [7, 11) is -1.72. The first kappa shape index (κ1) is 5.89. The molecule has 3 nitrogen and oxygen atoms in total. The lowest BCUT2D eigenvalue weighted by molar-refractivity contribution is 0.441. The van der Waals surface area contributed by atoms with Gasteiger partial charge >= 0.3 is 8.53 Å². The van der Waals surface area contributed by atoms with E-state index in [1.807, 2.05) is 0 Å². The summed E-state index contributed by atoms with van der Waals surface area (Å²) in [6.45, 7) is 3.15. The molecule has 0 bridgehead atoms. The Balaban J connectivity index is 2.81. The summed E-state index contributed by atoms with van der Waals surface area (Å²) in [5.74, 6) is 0. The Morgan fingerprint density at radius 1 is 2.00 bits per heavy atom. The molecular weight excluding hydrogens is 101 g/mol. The molecule has 0 radical (unpaired) electrons. The van der Waals surface area contributed by atoms with Crippen LogP contribution < -0.4 is 5.50 Å². The molecule has 36 valence electrons. The van der Waals surface area contributed by atoms with Gasteiger partial charge in [0.05, 0.1) is 6.26 Å². The van der Waals surface area contributed by atoms with Crippen LogP contribution in [0.2, 0.25) is 0 Å². The molecule has 0 spiro atoms. The third kappa shape index (κ3) is 3.89. The van der Waals surface area contributed by atoms with Crippen LogP contribution in [-0.4, -0.2) is 4.89 Å². The second kappa shape index (κ2) is 3.09. The van der Waals surface area contributed by atoms with Crippen molar-refractivity contribution in [3.8, 4) is 0 Å². The molecule has 0 rings (SSSR count). The van der Waals surface area contributed by atoms with Crippen LogP contribution in [0.3, 0.4) is 0 Å². The lowest BCUT2D eigenvalue weighted by Crippen LogP contribution is -1.84. The summed E-state index contributed by atoms with van der Waals surface area (Å²) in [4.78, 5) is 8.10. The first-order chi connectivity index (χ1) is 2.77. The fraction of sp³-hybridized carbons (Fsp3) is 0. The molecule has 0 fully saturated rings. The van der Waals surface area contributed by atoms with Crippen molar-refractivity contribution < 1.29 is 9.42 Å². The van der Waals surface area contributed by atoms with E-state index in [2.05, 4.69) is 11.1 Å². The van der Waals surface area contributed by atoms with Crippen molar-refractivity contribution in [1.29, 1.82) is 0 Å². The summed E-state index contributed by atoms with van der Waals surface area (Å²) in [5, 5.41) is 0. The zero-order valence-electron chi connectivity index (χ0n) is 3.16. The Hall–Kier alpha value is -0.110. The molecule has 0 amide bonds. The van der Waals surface area contributed by atoms with Gasteiger partial charge in [-0.2, -0.15) is 0 Å². The van der Waals surface area contributed by atoms with Crippen LogP contribution in [0.25, 0.3) is 0 Å². The smallest absolute Gasteiger partial charge is 0.311 e. The largest absolute Gasteiger partial charge is 0.445 e. The molecule has 1 atom stereocenters. The normalized spacial score (nSPS) is 13.0. The summed E-state index contributed by atoms with van der Waals surface area (Å²) >= 11 is 0. The fourth-order valence-electron chi connectivity index (χ4n) is 0.0764. The van der Waals surface area contributed by atoms with Gasteiger partial charge in [-0.15, -0.1) is 0 Å². The topological polar surface area (TPSA) is 55.5 Å². The summed E-state index contributed by atoms with van der Waals surface area (Å²) in [6.07, 6.45) is 1.10. The quantitative estimate of drug-likeness (QED) is 0.394. The van der Waals surface area contributed by atoms with Crippen LogP contribution in [-0.2, 0) is 4.52 Å². The van der Waals surface area contributed by atoms with E-state index in [0.717, 1.165) is 6.26 Å². The minimum absolute atomic E-state index is 1.10. The number of hydrogen-bond acceptors (Lipinski definition) is 3. The van der Waals surface area contributed by atoms with E-state index < -0.39 is 8.53 Å². The molecule has 0 heterocycles. The third-order valence-corrected chi connectivity index (χ3v) is 0.548. The van der Waals surface area contributed by atoms with Crippen LogP contribution >= 0.6 is 8.53 Å². The van der Waals surface area contributed by atoms with Gasteiger partial charge in [-0.3, -0.25) is 5.50 Å². The molecule has 0 saturated carbocycles. The van der Waals surface area contributed by atoms with Crippen molar-refractivity contribution in [3.63, 3.8) is 0 Å². The highest BCUT2D eigenvalue weighted by Crippen LogP contribution is 2.18. The van der Waals surface area contributed by atoms with Crippen LogP contribution in [0.4, 0.5) is 0 Å². The van der Waals surface area contributed by atoms with Gasteiger partial charge < -0.3 is 9.42 Å². The van der Waals surface area contributed by atoms with Gasteiger partial charge in [0.2, 0.25) is 0 Å². The maximum Gasteiger partial charge on any atom is 0.311 e. The lowest BCUT2D eigenvalue weighted by atomic mass is 11.2. The van der Waals surface area contributed by atoms with Crippen molar-refractivity contribution in [2.24, 2.45) is 5.50 Å². The second-order valence-corrected chi connectivity index (χ2v) is 1.39. The summed E-state index contributed by atoms with van der Waals surface area (Å²) in [5.41, 5.74) is 4.73. The SMILES string of the molecule is C=COP(N)O. The standard InChI is InChI=1S/C2H6NO2P/c1-2-5-6(3)4/h2,4H,1,3H2. The molecule has 0 aliphatic carbocycles. The van der Waals surface area contributed by atoms with Gasteiger partial charge in [-0.25, -0.2) is 0 Å². The Morgan fingerprint density at radius 2 is 2.50 bits per heavy atom. The monoisotopic (exact) mass is 107 g/mol. The van der Waals surface area contributed by atoms with Crippen LogP contribution in [0.5, 0.6) is 0 Å². The second-order valence-electron chi connectivity index (χ2n) is 0.575. The number of nitrogens with two attached hydrogens (primary N) is 1. The van der Waals surface area contributed by atoms with Gasteiger partial charge in [0, 0.05) is 0 Å². The lowest BCUT2D eigenvalue weighted by Gasteiger charge is -1.95. The fourth-order valence-corrected chi connectivity index (χ4v) is 0.229. The van der Waals surface area contributed by atoms with Gasteiger partial charge in [0.15, 0.2) is 0 Å². The van der Waals surface area contributed by atoms with Crippen molar-refractivity contribution in [3.05, 3.63) is 12.8 Å². The zero-order chi connectivity index (χ0) is 4.99. The Kier molecular flexibility index (Phi) is 3.04. The van der Waals surface area contributed by atoms with E-state index >= 15 is 0 Å². The Bertz CT molecular complexity index is 46.8. The van der Waals surface area contributed by atoms with Crippen LogP contribution in [0, 0.1) is 0 Å². The van der Waals surface area contributed by atoms with E-state index in [9.17, 15) is 0 Å². The van der Waals surface area contributed by atoms with Crippen LogP contribution in [0.1, 0.15) is 0 Å². The molecule has 0 aromatic carbocycles. The molecule has 4 heteroatoms. The highest BCUT2D eigenvalue weighted by molar-refractivity contribution is 7.43. The van der Waals surface area contributed by atoms with E-state index in [1.54, 1.807) is 0 Å². The predicted octanol–water partition coefficient (Wildman–Crippen LogP) is 0.324. The van der Waals surface area contributed by atoms with E-state index in [4.69, 9.17) is 10.4 Å². The van der Waals surface area contributed by atoms with Crippen molar-refractivity contribution in [1.82, 2.24) is 0 Å². The van der Waals surface area contributed by atoms with E-state index in [1.165, 1.54) is 0 Å². The van der Waals surface area contributed by atoms with Crippen molar-refractivity contribution in [2.75, 3.05) is 0 Å². The molecule has 0 saturated heterocycles. The molecule has 3 N–H and O–H groups in total. The summed E-state index contributed by atoms with van der Waals surface area (Å²) in [6, 6.07) is 0. The third-order valence-electron chi connectivity index (χ3n) is 0.183. The Labute approximate surface area is 37.4 Å². The molecule has 0 aromatic rings. The minimum atomic E-state index is -1.72. The van der Waals surface area contributed by atoms with Gasteiger partial charge in [0.1, 0.15) is 0 Å². The molecule has 0 aliphatic rings. The van der Waals surface area contributed by atoms with E-state index in [-0.39, 0.29) is 0 Å². The number of hydrogen-bond donors (Lipinski definition) is 2. The predicted molar refractivity (Wildman–Crippen MR) is 24.6 cm³/mol. The van der Waals surface area contributed by atoms with Crippen LogP contribution in [0.15, 0.2) is 12.8 Å². The molecule has 0 aliphatic heterocycles. The Morgan fingerprint density at radius 3 is 2.50 bits per heavy atom. The van der Waals surface area contributed by atoms with Crippen molar-refractivity contribution in [2.45, 2.75) is 0 Å². The van der Waals surface area contributed by atoms with Gasteiger partial charge in [-0.05, 0) is 0 Å². The van der Waals surface area contributed by atoms with Gasteiger partial charge in [0.25, 0.3) is 0 Å². The average Bonchev–Trinajstić information content (AvgIpc) is 1.35. The number of rotatable bonds is 2. The first-order valence-electron chi connectivity index (χ1n) is 1.28. The molecular formula is C2H6NO2P. The highest BCUT2D eigenvalue weighted by Gasteiger charge is 1.86. The van der Waals surface area contributed by atoms with Gasteiger partial charge in [-0.1, -0.05) is 6.58 Å². The minimum Gasteiger partial charge on any atom is -0.445 e. The molecule has 6 heavy (non-hydrogen) atoms. The average molecular weight is 107 g/mol.